The van der Waals surface area contributed by atoms with Crippen LogP contribution in [0, 0.1) is 10.1 Å². The molecule has 3 rings (SSSR count). The molecular formula is C17H16N4O4S. The number of anilines is 1. The molecule has 3 aromatic rings. The zero-order valence-electron chi connectivity index (χ0n) is 13.8. The zero-order chi connectivity index (χ0) is 18.9. The lowest BCUT2D eigenvalue weighted by molar-refractivity contribution is -0.383. The molecule has 0 saturated heterocycles. The van der Waals surface area contributed by atoms with Crippen molar-refractivity contribution in [2.75, 3.05) is 5.32 Å². The summed E-state index contributed by atoms with van der Waals surface area (Å²) in [6.07, 6.45) is 3.01. The van der Waals surface area contributed by atoms with Gasteiger partial charge in [0, 0.05) is 35.6 Å². The van der Waals surface area contributed by atoms with Crippen molar-refractivity contribution in [1.29, 1.82) is 0 Å². The zero-order valence-corrected chi connectivity index (χ0v) is 14.6. The molecule has 1 unspecified atom stereocenters. The smallest absolute Gasteiger partial charge is 0.278 e. The summed E-state index contributed by atoms with van der Waals surface area (Å²) in [6.45, 7) is 1.86. The van der Waals surface area contributed by atoms with E-state index in [4.69, 9.17) is 5.14 Å². The number of nitro groups is 1. The number of sulfonamides is 1. The van der Waals surface area contributed by atoms with Gasteiger partial charge in [0.2, 0.25) is 10.0 Å². The van der Waals surface area contributed by atoms with Gasteiger partial charge in [-0.3, -0.25) is 15.1 Å². The van der Waals surface area contributed by atoms with Gasteiger partial charge in [-0.15, -0.1) is 0 Å². The Morgan fingerprint density at radius 1 is 1.19 bits per heavy atom. The molecule has 1 heterocycles. The minimum Gasteiger partial charge on any atom is -0.378 e. The molecule has 1 atom stereocenters. The maximum atomic E-state index is 11.5. The van der Waals surface area contributed by atoms with E-state index in [0.717, 1.165) is 5.56 Å². The Morgan fingerprint density at radius 3 is 2.65 bits per heavy atom. The number of nitrogens with zero attached hydrogens (tertiary/aromatic N) is 2. The Labute approximate surface area is 149 Å². The normalized spacial score (nSPS) is 12.7. The molecule has 0 bridgehead atoms. The number of hydrogen-bond donors (Lipinski definition) is 2. The molecule has 8 nitrogen and oxygen atoms in total. The molecule has 0 aliphatic rings. The third-order valence-electron chi connectivity index (χ3n) is 4.05. The third kappa shape index (κ3) is 3.48. The highest BCUT2D eigenvalue weighted by Gasteiger charge is 2.16. The van der Waals surface area contributed by atoms with E-state index in [9.17, 15) is 18.5 Å². The van der Waals surface area contributed by atoms with Gasteiger partial charge in [0.1, 0.15) is 0 Å². The number of rotatable bonds is 5. The monoisotopic (exact) mass is 372 g/mol. The van der Waals surface area contributed by atoms with Gasteiger partial charge >= 0.3 is 0 Å². The van der Waals surface area contributed by atoms with E-state index in [-0.39, 0.29) is 16.6 Å². The van der Waals surface area contributed by atoms with Gasteiger partial charge in [0.25, 0.3) is 5.69 Å². The lowest BCUT2D eigenvalue weighted by atomic mass is 10.1. The molecule has 0 spiro atoms. The molecule has 9 heteroatoms. The van der Waals surface area contributed by atoms with Gasteiger partial charge < -0.3 is 5.32 Å². The molecule has 26 heavy (non-hydrogen) atoms. The molecule has 0 radical (unpaired) electrons. The predicted octanol–water partition coefficient (Wildman–Crippen LogP) is 2.96. The molecule has 3 N–H and O–H groups in total. The topological polar surface area (TPSA) is 128 Å². The lowest BCUT2D eigenvalue weighted by Gasteiger charge is -2.18. The first-order valence-corrected chi connectivity index (χ1v) is 9.22. The van der Waals surface area contributed by atoms with Crippen LogP contribution in [0.25, 0.3) is 10.8 Å². The van der Waals surface area contributed by atoms with Crippen LogP contribution < -0.4 is 10.5 Å². The van der Waals surface area contributed by atoms with Crippen molar-refractivity contribution in [2.45, 2.75) is 17.9 Å². The third-order valence-corrected chi connectivity index (χ3v) is 4.96. The number of aromatic nitrogens is 1. The second kappa shape index (κ2) is 6.70. The maximum Gasteiger partial charge on any atom is 0.278 e. The molecule has 0 aliphatic heterocycles. The maximum absolute atomic E-state index is 11.5. The summed E-state index contributed by atoms with van der Waals surface area (Å²) >= 11 is 0. The number of non-ortho nitro benzene ring substituents is 1. The Hall–Kier alpha value is -3.04. The van der Waals surface area contributed by atoms with Crippen LogP contribution in [0.2, 0.25) is 0 Å². The first-order chi connectivity index (χ1) is 12.3. The second-order valence-corrected chi connectivity index (χ2v) is 7.36. The van der Waals surface area contributed by atoms with Crippen LogP contribution in [0.15, 0.2) is 59.8 Å². The number of nitrogens with one attached hydrogen (secondary N) is 1. The number of benzene rings is 2. The fraction of sp³-hybridized carbons (Fsp3) is 0.118. The summed E-state index contributed by atoms with van der Waals surface area (Å²) in [6, 6.07) is 10.8. The highest BCUT2D eigenvalue weighted by molar-refractivity contribution is 7.89. The summed E-state index contributed by atoms with van der Waals surface area (Å²) in [5, 5.41) is 20.7. The molecule has 0 saturated carbocycles. The number of fused-ring (bicyclic) bond motifs is 1. The Balaban J connectivity index is 2.00. The van der Waals surface area contributed by atoms with Gasteiger partial charge in [-0.1, -0.05) is 12.1 Å². The van der Waals surface area contributed by atoms with Crippen molar-refractivity contribution in [3.05, 3.63) is 70.5 Å². The van der Waals surface area contributed by atoms with Gasteiger partial charge in [0.15, 0.2) is 0 Å². The van der Waals surface area contributed by atoms with E-state index in [2.05, 4.69) is 10.3 Å². The van der Waals surface area contributed by atoms with E-state index >= 15 is 0 Å². The summed E-state index contributed by atoms with van der Waals surface area (Å²) in [5.41, 5.74) is 1.38. The quantitative estimate of drug-likeness (QED) is 0.523. The summed E-state index contributed by atoms with van der Waals surface area (Å²) in [7, 11) is -3.79. The van der Waals surface area contributed by atoms with Crippen molar-refractivity contribution in [3.63, 3.8) is 0 Å². The fourth-order valence-corrected chi connectivity index (χ4v) is 3.31. The molecule has 134 valence electrons. The van der Waals surface area contributed by atoms with Crippen LogP contribution in [0.1, 0.15) is 18.5 Å². The molecule has 0 amide bonds. The summed E-state index contributed by atoms with van der Waals surface area (Å²) in [4.78, 5) is 14.7. The Kier molecular flexibility index (Phi) is 4.58. The Morgan fingerprint density at radius 2 is 1.96 bits per heavy atom. The van der Waals surface area contributed by atoms with E-state index in [1.807, 2.05) is 6.92 Å². The first-order valence-electron chi connectivity index (χ1n) is 7.68. The van der Waals surface area contributed by atoms with Gasteiger partial charge in [-0.25, -0.2) is 13.6 Å². The molecule has 1 aromatic heterocycles. The van der Waals surface area contributed by atoms with Crippen LogP contribution in [0.4, 0.5) is 11.4 Å². The number of pyridine rings is 1. The SMILES string of the molecule is CC(Nc1ccc([N+](=O)[O-])c2cnccc12)c1cccc(S(N)(=O)=O)c1. The van der Waals surface area contributed by atoms with Gasteiger partial charge in [-0.05, 0) is 36.8 Å². The van der Waals surface area contributed by atoms with Crippen LogP contribution >= 0.6 is 0 Å². The van der Waals surface area contributed by atoms with E-state index in [0.29, 0.717) is 16.5 Å². The molecule has 0 fully saturated rings. The number of hydrogen-bond acceptors (Lipinski definition) is 6. The standard InChI is InChI=1S/C17H16N4O4S/c1-11(12-3-2-4-13(9-12)26(18,24)25)20-16-5-6-17(21(22)23)15-10-19-8-7-14(15)16/h2-11,20H,1H3,(H2,18,24,25). The van der Waals surface area contributed by atoms with Crippen molar-refractivity contribution >= 4 is 32.2 Å². The van der Waals surface area contributed by atoms with Crippen molar-refractivity contribution in [3.8, 4) is 0 Å². The second-order valence-electron chi connectivity index (χ2n) is 5.79. The van der Waals surface area contributed by atoms with Crippen molar-refractivity contribution in [2.24, 2.45) is 5.14 Å². The van der Waals surface area contributed by atoms with E-state index in [1.54, 1.807) is 30.5 Å². The Bertz CT molecular complexity index is 1100. The highest BCUT2D eigenvalue weighted by Crippen LogP contribution is 2.32. The lowest BCUT2D eigenvalue weighted by Crippen LogP contribution is -2.13. The highest BCUT2D eigenvalue weighted by atomic mass is 32.2. The number of primary sulfonamides is 1. The van der Waals surface area contributed by atoms with E-state index in [1.165, 1.54) is 24.4 Å². The van der Waals surface area contributed by atoms with E-state index < -0.39 is 14.9 Å². The first kappa shape index (κ1) is 17.8. The average Bonchev–Trinajstić information content (AvgIpc) is 2.61. The largest absolute Gasteiger partial charge is 0.378 e. The van der Waals surface area contributed by atoms with Crippen LogP contribution in [-0.4, -0.2) is 18.3 Å². The molecular weight excluding hydrogens is 356 g/mol. The average molecular weight is 372 g/mol. The van der Waals surface area contributed by atoms with Gasteiger partial charge in [0.05, 0.1) is 15.2 Å². The minimum atomic E-state index is -3.79. The minimum absolute atomic E-state index is 0.0254. The van der Waals surface area contributed by atoms with Crippen LogP contribution in [0.5, 0.6) is 0 Å². The fourth-order valence-electron chi connectivity index (χ4n) is 2.74. The van der Waals surface area contributed by atoms with Crippen LogP contribution in [0.3, 0.4) is 0 Å². The molecule has 2 aromatic carbocycles. The number of nitro benzene ring substituents is 1. The van der Waals surface area contributed by atoms with Crippen molar-refractivity contribution < 1.29 is 13.3 Å². The summed E-state index contributed by atoms with van der Waals surface area (Å²) < 4.78 is 23.1. The molecule has 0 aliphatic carbocycles. The predicted molar refractivity (Wildman–Crippen MR) is 98.3 cm³/mol. The van der Waals surface area contributed by atoms with Crippen molar-refractivity contribution in [1.82, 2.24) is 4.98 Å². The van der Waals surface area contributed by atoms with Crippen LogP contribution in [-0.2, 0) is 10.0 Å². The summed E-state index contributed by atoms with van der Waals surface area (Å²) in [5.74, 6) is 0. The van der Waals surface area contributed by atoms with Gasteiger partial charge in [-0.2, -0.15) is 0 Å². The number of nitrogens with two attached hydrogens (primary N) is 1.